The molecule has 2 atom stereocenters. The van der Waals surface area contributed by atoms with Crippen LogP contribution in [0.5, 0.6) is 0 Å². The van der Waals surface area contributed by atoms with E-state index in [0.717, 1.165) is 12.1 Å². The highest BCUT2D eigenvalue weighted by Crippen LogP contribution is 2.50. The van der Waals surface area contributed by atoms with Crippen LogP contribution in [0.4, 0.5) is 13.2 Å². The molecule has 0 saturated carbocycles. The van der Waals surface area contributed by atoms with Gasteiger partial charge in [0.25, 0.3) is 0 Å². The van der Waals surface area contributed by atoms with E-state index < -0.39 is 59.8 Å². The summed E-state index contributed by atoms with van der Waals surface area (Å²) in [7, 11) is 0. The molecule has 4 aromatic carbocycles. The average molecular weight is 704 g/mol. The number of carbonyl (C=O) groups excluding carboxylic acids is 3. The molecule has 10 nitrogen and oxygen atoms in total. The molecule has 0 N–H and O–H groups in total. The summed E-state index contributed by atoms with van der Waals surface area (Å²) in [5.41, 5.74) is 0.303. The Hall–Kier alpha value is -5.69. The minimum absolute atomic E-state index is 0.0239. The van der Waals surface area contributed by atoms with Crippen LogP contribution in [-0.4, -0.2) is 42.3 Å². The molecule has 6 rings (SSSR count). The Morgan fingerprint density at radius 2 is 1.43 bits per heavy atom. The number of alkyl halides is 3. The quantitative estimate of drug-likeness (QED) is 0.0604. The Morgan fingerprint density at radius 1 is 0.784 bits per heavy atom. The van der Waals surface area contributed by atoms with Crippen LogP contribution in [-0.2, 0) is 51.3 Å². The van der Waals surface area contributed by atoms with E-state index in [1.54, 1.807) is 80.6 Å². The van der Waals surface area contributed by atoms with Gasteiger partial charge in [-0.3, -0.25) is 14.4 Å². The number of ether oxygens (including phenoxy) is 4. The molecule has 1 aliphatic rings. The Morgan fingerprint density at radius 3 is 2.08 bits per heavy atom. The van der Waals surface area contributed by atoms with Crippen molar-refractivity contribution >= 4 is 29.0 Å². The van der Waals surface area contributed by atoms with Crippen molar-refractivity contribution in [1.82, 2.24) is 4.57 Å². The summed E-state index contributed by atoms with van der Waals surface area (Å²) in [6.07, 6.45) is -6.08. The van der Waals surface area contributed by atoms with Crippen molar-refractivity contribution in [3.05, 3.63) is 130 Å². The second kappa shape index (κ2) is 14.3. The molecule has 5 aromatic rings. The number of fused-ring (bicyclic) bond motifs is 1. The van der Waals surface area contributed by atoms with Crippen molar-refractivity contribution in [2.75, 3.05) is 19.8 Å². The van der Waals surface area contributed by atoms with Gasteiger partial charge in [0.2, 0.25) is 5.41 Å². The summed E-state index contributed by atoms with van der Waals surface area (Å²) >= 11 is 0. The van der Waals surface area contributed by atoms with Crippen molar-refractivity contribution in [3.63, 3.8) is 0 Å². The van der Waals surface area contributed by atoms with Gasteiger partial charge in [0.1, 0.15) is 12.7 Å². The van der Waals surface area contributed by atoms with E-state index in [0.29, 0.717) is 27.8 Å². The molecule has 2 heterocycles. The Bertz CT molecular complexity index is 2100. The molecule has 2 unspecified atom stereocenters. The SMILES string of the molecule is CCOC(=O)C(COC(=O)Cc1ccc2c(c1)oc(=O)n2C1OC1c1ccccc1-c1ccc(C(F)(F)F)cc1)(C(=O)OCC)c1ccccc1. The zero-order valence-corrected chi connectivity index (χ0v) is 27.5. The number of esters is 3. The molecule has 0 radical (unpaired) electrons. The van der Waals surface area contributed by atoms with Crippen LogP contribution in [0.2, 0.25) is 0 Å². The van der Waals surface area contributed by atoms with E-state index in [9.17, 15) is 32.3 Å². The Balaban J connectivity index is 1.20. The van der Waals surface area contributed by atoms with E-state index in [2.05, 4.69) is 0 Å². The van der Waals surface area contributed by atoms with E-state index >= 15 is 0 Å². The first kappa shape index (κ1) is 35.1. The lowest BCUT2D eigenvalue weighted by molar-refractivity contribution is -0.170. The normalized spacial score (nSPS) is 15.7. The number of aromatic nitrogens is 1. The fraction of sp³-hybridized carbons (Fsp3) is 0.263. The van der Waals surface area contributed by atoms with E-state index in [1.807, 2.05) is 0 Å². The Kier molecular flexibility index (Phi) is 9.84. The van der Waals surface area contributed by atoms with Crippen molar-refractivity contribution in [3.8, 4) is 11.1 Å². The highest BCUT2D eigenvalue weighted by atomic mass is 19.4. The van der Waals surface area contributed by atoms with Gasteiger partial charge in [-0.2, -0.15) is 13.2 Å². The minimum Gasteiger partial charge on any atom is -0.465 e. The lowest BCUT2D eigenvalue weighted by Crippen LogP contribution is -2.50. The fourth-order valence-electron chi connectivity index (χ4n) is 5.96. The minimum atomic E-state index is -4.46. The van der Waals surface area contributed by atoms with Crippen molar-refractivity contribution in [2.45, 2.75) is 44.2 Å². The summed E-state index contributed by atoms with van der Waals surface area (Å²) in [6, 6.07) is 24.6. The lowest BCUT2D eigenvalue weighted by atomic mass is 9.81. The lowest BCUT2D eigenvalue weighted by Gasteiger charge is -2.29. The second-order valence-corrected chi connectivity index (χ2v) is 11.7. The molecule has 0 spiro atoms. The summed E-state index contributed by atoms with van der Waals surface area (Å²) in [6.45, 7) is 2.46. The van der Waals surface area contributed by atoms with Gasteiger partial charge in [-0.1, -0.05) is 72.8 Å². The van der Waals surface area contributed by atoms with Gasteiger partial charge in [-0.15, -0.1) is 0 Å². The van der Waals surface area contributed by atoms with Crippen LogP contribution in [0.25, 0.3) is 22.2 Å². The number of carbonyl (C=O) groups is 3. The number of benzene rings is 4. The maximum atomic E-state index is 13.2. The molecule has 0 bridgehead atoms. The number of rotatable bonds is 12. The predicted molar refractivity (Wildman–Crippen MR) is 176 cm³/mol. The molecular weight excluding hydrogens is 671 g/mol. The maximum absolute atomic E-state index is 13.2. The summed E-state index contributed by atoms with van der Waals surface area (Å²) in [4.78, 5) is 52.6. The molecule has 1 saturated heterocycles. The van der Waals surface area contributed by atoms with Crippen LogP contribution in [0.3, 0.4) is 0 Å². The van der Waals surface area contributed by atoms with Crippen LogP contribution in [0.15, 0.2) is 106 Å². The van der Waals surface area contributed by atoms with Gasteiger partial charge in [0.05, 0.1) is 30.7 Å². The highest BCUT2D eigenvalue weighted by Gasteiger charge is 2.52. The number of nitrogens with zero attached hydrogens (tertiary/aromatic N) is 1. The summed E-state index contributed by atoms with van der Waals surface area (Å²) in [5, 5.41) is 0. The molecule has 51 heavy (non-hydrogen) atoms. The number of oxazole rings is 1. The standard InChI is InChI=1S/C38H32F3NO9/c1-3-47-34(44)37(35(45)48-4-2,25-10-6-5-7-11-25)22-49-31(43)21-23-14-19-29-30(20-23)50-36(46)42(29)33-32(51-33)28-13-9-8-12-27(28)24-15-17-26(18-16-24)38(39,40)41/h5-20,32-33H,3-4,21-22H2,1-2H3. The Labute approximate surface area is 289 Å². The van der Waals surface area contributed by atoms with E-state index in [-0.39, 0.29) is 30.8 Å². The van der Waals surface area contributed by atoms with Gasteiger partial charge < -0.3 is 23.4 Å². The first-order chi connectivity index (χ1) is 24.5. The van der Waals surface area contributed by atoms with Gasteiger partial charge in [0, 0.05) is 0 Å². The van der Waals surface area contributed by atoms with Crippen LogP contribution in [0.1, 0.15) is 48.4 Å². The first-order valence-corrected chi connectivity index (χ1v) is 16.1. The van der Waals surface area contributed by atoms with Crippen LogP contribution in [0, 0.1) is 0 Å². The van der Waals surface area contributed by atoms with Gasteiger partial charge >= 0.3 is 29.8 Å². The summed E-state index contributed by atoms with van der Waals surface area (Å²) < 4.78 is 68.1. The van der Waals surface area contributed by atoms with E-state index in [1.165, 1.54) is 22.8 Å². The average Bonchev–Trinajstić information content (AvgIpc) is 3.83. The topological polar surface area (TPSA) is 127 Å². The second-order valence-electron chi connectivity index (χ2n) is 11.7. The monoisotopic (exact) mass is 703 g/mol. The van der Waals surface area contributed by atoms with E-state index in [4.69, 9.17) is 23.4 Å². The van der Waals surface area contributed by atoms with Gasteiger partial charge in [0.15, 0.2) is 11.8 Å². The molecule has 1 fully saturated rings. The fourth-order valence-corrected chi connectivity index (χ4v) is 5.96. The van der Waals surface area contributed by atoms with Gasteiger partial charge in [-0.05, 0) is 65.9 Å². The van der Waals surface area contributed by atoms with Gasteiger partial charge in [-0.25, -0.2) is 9.36 Å². The molecule has 1 aliphatic heterocycles. The maximum Gasteiger partial charge on any atom is 0.422 e. The van der Waals surface area contributed by atoms with Crippen molar-refractivity contribution in [1.29, 1.82) is 0 Å². The predicted octanol–water partition coefficient (Wildman–Crippen LogP) is 6.70. The number of hydrogen-bond acceptors (Lipinski definition) is 9. The van der Waals surface area contributed by atoms with Crippen molar-refractivity contribution < 1.29 is 50.9 Å². The number of halogens is 3. The molecule has 1 aromatic heterocycles. The molecule has 0 aliphatic carbocycles. The highest BCUT2D eigenvalue weighted by molar-refractivity contribution is 6.07. The molecule has 264 valence electrons. The third kappa shape index (κ3) is 7.02. The first-order valence-electron chi connectivity index (χ1n) is 16.1. The largest absolute Gasteiger partial charge is 0.465 e. The zero-order valence-electron chi connectivity index (χ0n) is 27.5. The number of hydrogen-bond donors (Lipinski definition) is 0. The molecular formula is C38H32F3NO9. The smallest absolute Gasteiger partial charge is 0.422 e. The van der Waals surface area contributed by atoms with Crippen LogP contribution >= 0.6 is 0 Å². The summed E-state index contributed by atoms with van der Waals surface area (Å²) in [5.74, 6) is -3.32. The third-order valence-corrected chi connectivity index (χ3v) is 8.50. The molecule has 13 heteroatoms. The van der Waals surface area contributed by atoms with Crippen LogP contribution < -0.4 is 5.76 Å². The third-order valence-electron chi connectivity index (χ3n) is 8.50. The van der Waals surface area contributed by atoms with Crippen molar-refractivity contribution in [2.24, 2.45) is 0 Å². The molecule has 0 amide bonds. The zero-order chi connectivity index (χ0) is 36.3. The number of epoxide rings is 1.